The Morgan fingerprint density at radius 1 is 0.970 bits per heavy atom. The fourth-order valence-electron chi connectivity index (χ4n) is 5.10. The molecule has 7 heteroatoms. The number of oxazole rings is 1. The molecule has 1 saturated heterocycles. The molecular formula is C26H25N5O2. The molecular weight excluding hydrogens is 414 g/mol. The molecule has 1 aliphatic carbocycles. The van der Waals surface area contributed by atoms with Crippen LogP contribution >= 0.6 is 0 Å². The number of rotatable bonds is 3. The summed E-state index contributed by atoms with van der Waals surface area (Å²) in [5.41, 5.74) is 6.72. The van der Waals surface area contributed by atoms with E-state index in [1.54, 1.807) is 10.9 Å². The number of hydrogen-bond acceptors (Lipinski definition) is 5. The molecule has 1 aliphatic heterocycles. The third-order valence-electron chi connectivity index (χ3n) is 6.71. The summed E-state index contributed by atoms with van der Waals surface area (Å²) in [5.74, 6) is 0.655. The van der Waals surface area contributed by atoms with Crippen molar-refractivity contribution in [2.45, 2.75) is 13.0 Å². The summed E-state index contributed by atoms with van der Waals surface area (Å²) in [5, 5.41) is 4.16. The fraction of sp³-hybridized carbons (Fsp3) is 0.269. The first-order valence-electron chi connectivity index (χ1n) is 11.3. The Labute approximate surface area is 192 Å². The molecule has 2 aromatic carbocycles. The number of amides is 1. The van der Waals surface area contributed by atoms with E-state index < -0.39 is 0 Å². The van der Waals surface area contributed by atoms with Gasteiger partial charge in [-0.05, 0) is 29.2 Å². The quantitative estimate of drug-likeness (QED) is 0.484. The number of hydrogen-bond donors (Lipinski definition) is 0. The van der Waals surface area contributed by atoms with Crippen LogP contribution in [0.5, 0.6) is 0 Å². The lowest BCUT2D eigenvalue weighted by Crippen LogP contribution is -2.49. The molecule has 1 fully saturated rings. The molecule has 0 unspecified atom stereocenters. The van der Waals surface area contributed by atoms with Crippen molar-refractivity contribution in [3.63, 3.8) is 0 Å². The Morgan fingerprint density at radius 3 is 2.21 bits per heavy atom. The molecule has 0 bridgehead atoms. The summed E-state index contributed by atoms with van der Waals surface area (Å²) in [6.07, 6.45) is 3.52. The lowest BCUT2D eigenvalue weighted by molar-refractivity contribution is 0.0570. The first-order chi connectivity index (χ1) is 16.1. The second-order valence-corrected chi connectivity index (χ2v) is 8.74. The first-order valence-corrected chi connectivity index (χ1v) is 11.3. The summed E-state index contributed by atoms with van der Waals surface area (Å²) >= 11 is 0. The van der Waals surface area contributed by atoms with Gasteiger partial charge in [0.2, 0.25) is 11.7 Å². The standard InChI is InChI=1S/C26H25N5O2/c1-17-24(33-25(28-17)18-15-27-29(2)16-18)26(32)31-13-11-30(12-14-31)23-21-9-5-3-7-19(21)20-8-4-6-10-22(20)23/h3-10,15-16,23H,11-14H2,1-2H3. The van der Waals surface area contributed by atoms with E-state index in [9.17, 15) is 4.79 Å². The molecule has 2 aliphatic rings. The molecule has 166 valence electrons. The van der Waals surface area contributed by atoms with E-state index in [0.717, 1.165) is 18.7 Å². The van der Waals surface area contributed by atoms with E-state index in [-0.39, 0.29) is 11.9 Å². The van der Waals surface area contributed by atoms with Crippen LogP contribution in [0.2, 0.25) is 0 Å². The number of aromatic nitrogens is 3. The van der Waals surface area contributed by atoms with E-state index in [1.807, 2.05) is 25.1 Å². The number of fused-ring (bicyclic) bond motifs is 3. The van der Waals surface area contributed by atoms with Crippen molar-refractivity contribution in [3.05, 3.63) is 83.5 Å². The van der Waals surface area contributed by atoms with E-state index in [4.69, 9.17) is 4.42 Å². The molecule has 33 heavy (non-hydrogen) atoms. The van der Waals surface area contributed by atoms with Gasteiger partial charge in [0.25, 0.3) is 5.91 Å². The normalized spacial score (nSPS) is 16.1. The molecule has 0 N–H and O–H groups in total. The second-order valence-electron chi connectivity index (χ2n) is 8.74. The third-order valence-corrected chi connectivity index (χ3v) is 6.71. The predicted molar refractivity (Wildman–Crippen MR) is 125 cm³/mol. The van der Waals surface area contributed by atoms with Crippen LogP contribution in [0.15, 0.2) is 65.3 Å². The Hall–Kier alpha value is -3.71. The summed E-state index contributed by atoms with van der Waals surface area (Å²) < 4.78 is 7.57. The number of nitrogens with zero attached hydrogens (tertiary/aromatic N) is 5. The van der Waals surface area contributed by atoms with Crippen molar-refractivity contribution >= 4 is 5.91 Å². The van der Waals surface area contributed by atoms with Crippen LogP contribution in [0.3, 0.4) is 0 Å². The molecule has 3 heterocycles. The van der Waals surface area contributed by atoms with E-state index in [1.165, 1.54) is 22.3 Å². The second kappa shape index (κ2) is 7.71. The van der Waals surface area contributed by atoms with Gasteiger partial charge < -0.3 is 9.32 Å². The Bertz CT molecular complexity index is 1300. The van der Waals surface area contributed by atoms with Crippen LogP contribution in [0, 0.1) is 6.92 Å². The van der Waals surface area contributed by atoms with Crippen molar-refractivity contribution < 1.29 is 9.21 Å². The van der Waals surface area contributed by atoms with Crippen molar-refractivity contribution in [1.82, 2.24) is 24.6 Å². The van der Waals surface area contributed by atoms with Gasteiger partial charge in [-0.25, -0.2) is 4.98 Å². The highest BCUT2D eigenvalue weighted by Crippen LogP contribution is 2.46. The average molecular weight is 440 g/mol. The van der Waals surface area contributed by atoms with Crippen LogP contribution in [0.1, 0.15) is 33.4 Å². The van der Waals surface area contributed by atoms with Gasteiger partial charge >= 0.3 is 0 Å². The molecule has 1 amide bonds. The molecule has 2 aromatic heterocycles. The van der Waals surface area contributed by atoms with Crippen LogP contribution in [-0.2, 0) is 7.05 Å². The van der Waals surface area contributed by atoms with E-state index >= 15 is 0 Å². The maximum Gasteiger partial charge on any atom is 0.291 e. The lowest BCUT2D eigenvalue weighted by atomic mass is 10.0. The molecule has 0 spiro atoms. The minimum atomic E-state index is -0.0954. The molecule has 0 saturated carbocycles. The number of piperazine rings is 1. The van der Waals surface area contributed by atoms with Crippen molar-refractivity contribution in [2.24, 2.45) is 7.05 Å². The molecule has 7 nitrogen and oxygen atoms in total. The number of benzene rings is 2. The number of aryl methyl sites for hydroxylation is 2. The van der Waals surface area contributed by atoms with Crippen LogP contribution < -0.4 is 0 Å². The predicted octanol–water partition coefficient (Wildman–Crippen LogP) is 3.91. The molecule has 4 aromatic rings. The fourth-order valence-corrected chi connectivity index (χ4v) is 5.10. The Balaban J connectivity index is 1.21. The smallest absolute Gasteiger partial charge is 0.291 e. The summed E-state index contributed by atoms with van der Waals surface area (Å²) in [6, 6.07) is 17.6. The SMILES string of the molecule is Cc1nc(-c2cnn(C)c2)oc1C(=O)N1CCN(C2c3ccccc3-c3ccccc32)CC1. The Morgan fingerprint density at radius 2 is 1.61 bits per heavy atom. The number of carbonyl (C=O) groups excluding carboxylic acids is 1. The minimum absolute atomic E-state index is 0.0954. The van der Waals surface area contributed by atoms with Gasteiger partial charge in [0.1, 0.15) is 0 Å². The van der Waals surface area contributed by atoms with Gasteiger partial charge in [0.15, 0.2) is 0 Å². The van der Waals surface area contributed by atoms with Crippen LogP contribution in [0.4, 0.5) is 0 Å². The summed E-state index contributed by atoms with van der Waals surface area (Å²) in [7, 11) is 1.84. The zero-order valence-electron chi connectivity index (χ0n) is 18.7. The van der Waals surface area contributed by atoms with Crippen molar-refractivity contribution in [3.8, 4) is 22.6 Å². The van der Waals surface area contributed by atoms with Gasteiger partial charge in [-0.2, -0.15) is 5.10 Å². The van der Waals surface area contributed by atoms with Crippen molar-refractivity contribution in [1.29, 1.82) is 0 Å². The highest BCUT2D eigenvalue weighted by atomic mass is 16.4. The first kappa shape index (κ1) is 19.9. The monoisotopic (exact) mass is 439 g/mol. The van der Waals surface area contributed by atoms with Crippen molar-refractivity contribution in [2.75, 3.05) is 26.2 Å². The maximum absolute atomic E-state index is 13.2. The topological polar surface area (TPSA) is 67.4 Å². The van der Waals surface area contributed by atoms with Crippen LogP contribution in [0.25, 0.3) is 22.6 Å². The summed E-state index contributed by atoms with van der Waals surface area (Å²) in [6.45, 7) is 4.74. The Kier molecular flexibility index (Phi) is 4.66. The van der Waals surface area contributed by atoms with Gasteiger partial charge in [0.05, 0.1) is 23.5 Å². The zero-order valence-corrected chi connectivity index (χ0v) is 18.7. The van der Waals surface area contributed by atoms with Gasteiger partial charge in [-0.1, -0.05) is 48.5 Å². The lowest BCUT2D eigenvalue weighted by Gasteiger charge is -2.38. The van der Waals surface area contributed by atoms with Gasteiger partial charge in [-0.15, -0.1) is 0 Å². The zero-order chi connectivity index (χ0) is 22.5. The van der Waals surface area contributed by atoms with E-state index in [0.29, 0.717) is 30.4 Å². The molecule has 0 atom stereocenters. The van der Waals surface area contributed by atoms with Gasteiger partial charge in [0, 0.05) is 39.4 Å². The minimum Gasteiger partial charge on any atom is -0.431 e. The van der Waals surface area contributed by atoms with Gasteiger partial charge in [-0.3, -0.25) is 14.4 Å². The number of carbonyl (C=O) groups is 1. The average Bonchev–Trinajstić information content (AvgIpc) is 3.54. The summed E-state index contributed by atoms with van der Waals surface area (Å²) in [4.78, 5) is 22.1. The van der Waals surface area contributed by atoms with Crippen LogP contribution in [-0.4, -0.2) is 56.7 Å². The highest BCUT2D eigenvalue weighted by Gasteiger charge is 2.35. The molecule has 6 rings (SSSR count). The third kappa shape index (κ3) is 3.27. The molecule has 0 radical (unpaired) electrons. The van der Waals surface area contributed by atoms with E-state index in [2.05, 4.69) is 63.5 Å². The largest absolute Gasteiger partial charge is 0.431 e. The highest BCUT2D eigenvalue weighted by molar-refractivity contribution is 5.93. The maximum atomic E-state index is 13.2.